The summed E-state index contributed by atoms with van der Waals surface area (Å²) in [5.41, 5.74) is 1.10. The fourth-order valence-electron chi connectivity index (χ4n) is 2.62. The maximum Gasteiger partial charge on any atom is 0.244 e. The molecule has 0 spiro atoms. The van der Waals surface area contributed by atoms with Crippen LogP contribution in [0, 0.1) is 13.8 Å². The third kappa shape index (κ3) is 3.16. The molecule has 7 heteroatoms. The van der Waals surface area contributed by atoms with Crippen molar-refractivity contribution < 1.29 is 8.42 Å². The average molecular weight is 286 g/mol. The number of piperidine rings is 1. The highest BCUT2D eigenvalue weighted by Crippen LogP contribution is 2.18. The van der Waals surface area contributed by atoms with E-state index in [1.54, 1.807) is 13.8 Å². The first-order chi connectivity index (χ1) is 8.92. The smallest absolute Gasteiger partial charge is 0.244 e. The third-order valence-corrected chi connectivity index (χ3v) is 5.45. The van der Waals surface area contributed by atoms with Crippen molar-refractivity contribution in [3.05, 3.63) is 11.4 Å². The molecule has 0 saturated carbocycles. The van der Waals surface area contributed by atoms with E-state index in [1.165, 1.54) is 12.8 Å². The van der Waals surface area contributed by atoms with Crippen LogP contribution >= 0.6 is 0 Å². The van der Waals surface area contributed by atoms with Gasteiger partial charge in [-0.25, -0.2) is 13.1 Å². The molecule has 1 atom stereocenters. The van der Waals surface area contributed by atoms with Gasteiger partial charge in [-0.05, 0) is 40.3 Å². The molecule has 1 saturated heterocycles. The maximum absolute atomic E-state index is 12.3. The minimum absolute atomic E-state index is 0.283. The van der Waals surface area contributed by atoms with Crippen LogP contribution in [0.2, 0.25) is 0 Å². The Hall–Kier alpha value is -0.920. The number of aryl methyl sites for hydroxylation is 2. The Morgan fingerprint density at radius 3 is 2.74 bits per heavy atom. The van der Waals surface area contributed by atoms with Crippen molar-refractivity contribution in [2.45, 2.75) is 44.0 Å². The van der Waals surface area contributed by atoms with Crippen LogP contribution in [0.15, 0.2) is 4.90 Å². The predicted octanol–water partition coefficient (Wildman–Crippen LogP) is 0.789. The highest BCUT2D eigenvalue weighted by molar-refractivity contribution is 7.89. The molecule has 108 valence electrons. The lowest BCUT2D eigenvalue weighted by Crippen LogP contribution is -2.44. The molecule has 1 unspecified atom stereocenters. The fraction of sp³-hybridized carbons (Fsp3) is 0.750. The summed E-state index contributed by atoms with van der Waals surface area (Å²) in [7, 11) is -1.42. The third-order valence-electron chi connectivity index (χ3n) is 3.76. The van der Waals surface area contributed by atoms with Gasteiger partial charge < -0.3 is 4.90 Å². The number of rotatable bonds is 4. The van der Waals surface area contributed by atoms with Gasteiger partial charge in [0.2, 0.25) is 10.0 Å². The van der Waals surface area contributed by atoms with E-state index in [0.717, 1.165) is 13.0 Å². The van der Waals surface area contributed by atoms with Crippen LogP contribution in [-0.2, 0) is 10.0 Å². The Bertz CT molecular complexity index is 518. The molecule has 6 nitrogen and oxygen atoms in total. The Balaban J connectivity index is 2.06. The highest BCUT2D eigenvalue weighted by atomic mass is 32.2. The summed E-state index contributed by atoms with van der Waals surface area (Å²) < 4.78 is 27.3. The van der Waals surface area contributed by atoms with Crippen molar-refractivity contribution in [3.8, 4) is 0 Å². The van der Waals surface area contributed by atoms with Crippen molar-refractivity contribution in [2.24, 2.45) is 0 Å². The molecule has 0 radical (unpaired) electrons. The van der Waals surface area contributed by atoms with E-state index in [-0.39, 0.29) is 10.9 Å². The fourth-order valence-corrected chi connectivity index (χ4v) is 4.06. The number of hydrogen-bond donors (Lipinski definition) is 2. The Kier molecular flexibility index (Phi) is 4.27. The van der Waals surface area contributed by atoms with Gasteiger partial charge in [-0.2, -0.15) is 5.10 Å². The van der Waals surface area contributed by atoms with E-state index >= 15 is 0 Å². The molecule has 0 bridgehead atoms. The summed E-state index contributed by atoms with van der Waals surface area (Å²) in [6, 6.07) is 0.288. The van der Waals surface area contributed by atoms with Crippen LogP contribution in [0.1, 0.15) is 30.7 Å². The zero-order valence-corrected chi connectivity index (χ0v) is 12.5. The van der Waals surface area contributed by atoms with Gasteiger partial charge in [-0.1, -0.05) is 6.42 Å². The lowest BCUT2D eigenvalue weighted by Gasteiger charge is -2.32. The number of nitrogens with zero attached hydrogens (tertiary/aromatic N) is 2. The minimum atomic E-state index is -3.47. The number of H-pyrrole nitrogens is 1. The normalized spacial score (nSPS) is 21.7. The number of aromatic nitrogens is 2. The second-order valence-electron chi connectivity index (χ2n) is 5.25. The lowest BCUT2D eigenvalue weighted by molar-refractivity contribution is 0.187. The molecule has 0 aromatic carbocycles. The summed E-state index contributed by atoms with van der Waals surface area (Å²) in [6.45, 7) is 4.92. The summed E-state index contributed by atoms with van der Waals surface area (Å²) in [5, 5.41) is 6.65. The van der Waals surface area contributed by atoms with Gasteiger partial charge in [0, 0.05) is 12.6 Å². The first kappa shape index (κ1) is 14.5. The summed E-state index contributed by atoms with van der Waals surface area (Å²) in [6.07, 6.45) is 3.41. The SMILES string of the molecule is Cc1n[nH]c(C)c1S(=O)(=O)NCC1CCCCN1C. The van der Waals surface area contributed by atoms with Crippen molar-refractivity contribution in [2.75, 3.05) is 20.1 Å². The number of hydrogen-bond acceptors (Lipinski definition) is 4. The van der Waals surface area contributed by atoms with Crippen LogP contribution in [0.25, 0.3) is 0 Å². The van der Waals surface area contributed by atoms with Crippen molar-refractivity contribution in [1.29, 1.82) is 0 Å². The second-order valence-corrected chi connectivity index (χ2v) is 6.95. The van der Waals surface area contributed by atoms with Crippen LogP contribution in [0.3, 0.4) is 0 Å². The Labute approximate surface area is 114 Å². The van der Waals surface area contributed by atoms with Crippen molar-refractivity contribution in [3.63, 3.8) is 0 Å². The maximum atomic E-state index is 12.3. The lowest BCUT2D eigenvalue weighted by atomic mass is 10.0. The molecule has 2 heterocycles. The van der Waals surface area contributed by atoms with Gasteiger partial charge in [0.25, 0.3) is 0 Å². The van der Waals surface area contributed by atoms with E-state index in [2.05, 4.69) is 19.8 Å². The largest absolute Gasteiger partial charge is 0.302 e. The van der Waals surface area contributed by atoms with Crippen LogP contribution in [0.5, 0.6) is 0 Å². The molecule has 0 aliphatic carbocycles. The second kappa shape index (κ2) is 5.60. The molecular formula is C12H22N4O2S. The van der Waals surface area contributed by atoms with Gasteiger partial charge in [-0.3, -0.25) is 5.10 Å². The molecule has 0 amide bonds. The summed E-state index contributed by atoms with van der Waals surface area (Å²) in [5.74, 6) is 0. The quantitative estimate of drug-likeness (QED) is 0.858. The zero-order chi connectivity index (χ0) is 14.0. The molecule has 2 rings (SSSR count). The van der Waals surface area contributed by atoms with E-state index in [4.69, 9.17) is 0 Å². The molecule has 1 aliphatic rings. The van der Waals surface area contributed by atoms with Gasteiger partial charge in [0.15, 0.2) is 0 Å². The van der Waals surface area contributed by atoms with Crippen LogP contribution in [0.4, 0.5) is 0 Å². The van der Waals surface area contributed by atoms with E-state index in [9.17, 15) is 8.42 Å². The number of likely N-dealkylation sites (tertiary alicyclic amines) is 1. The monoisotopic (exact) mass is 286 g/mol. The Morgan fingerprint density at radius 2 is 2.16 bits per heavy atom. The standard InChI is InChI=1S/C12H22N4O2S/c1-9-12(10(2)15-14-9)19(17,18)13-8-11-6-4-5-7-16(11)3/h11,13H,4-8H2,1-3H3,(H,14,15). The average Bonchev–Trinajstić information content (AvgIpc) is 2.69. The first-order valence-electron chi connectivity index (χ1n) is 6.63. The molecule has 1 aliphatic heterocycles. The number of sulfonamides is 1. The van der Waals surface area contributed by atoms with E-state index in [1.807, 2.05) is 7.05 Å². The molecule has 2 N–H and O–H groups in total. The van der Waals surface area contributed by atoms with Crippen LogP contribution < -0.4 is 4.72 Å². The summed E-state index contributed by atoms with van der Waals surface area (Å²) >= 11 is 0. The minimum Gasteiger partial charge on any atom is -0.302 e. The molecular weight excluding hydrogens is 264 g/mol. The van der Waals surface area contributed by atoms with Gasteiger partial charge in [-0.15, -0.1) is 0 Å². The van der Waals surface area contributed by atoms with Gasteiger partial charge in [0.05, 0.1) is 11.4 Å². The molecule has 19 heavy (non-hydrogen) atoms. The summed E-state index contributed by atoms with van der Waals surface area (Å²) in [4.78, 5) is 2.51. The van der Waals surface area contributed by atoms with Crippen molar-refractivity contribution in [1.82, 2.24) is 19.8 Å². The number of aromatic amines is 1. The first-order valence-corrected chi connectivity index (χ1v) is 8.11. The molecule has 1 aromatic rings. The van der Waals surface area contributed by atoms with Gasteiger partial charge in [0.1, 0.15) is 4.90 Å². The molecule has 1 fully saturated rings. The Morgan fingerprint density at radius 1 is 1.42 bits per heavy atom. The number of likely N-dealkylation sites (N-methyl/N-ethyl adjacent to an activating group) is 1. The predicted molar refractivity (Wildman–Crippen MR) is 73.5 cm³/mol. The van der Waals surface area contributed by atoms with E-state index in [0.29, 0.717) is 17.9 Å². The van der Waals surface area contributed by atoms with Crippen molar-refractivity contribution >= 4 is 10.0 Å². The molecule has 1 aromatic heterocycles. The van der Waals surface area contributed by atoms with E-state index < -0.39 is 10.0 Å². The number of nitrogens with one attached hydrogen (secondary N) is 2. The highest BCUT2D eigenvalue weighted by Gasteiger charge is 2.25. The zero-order valence-electron chi connectivity index (χ0n) is 11.7. The van der Waals surface area contributed by atoms with Crippen LogP contribution in [-0.4, -0.2) is 49.7 Å². The van der Waals surface area contributed by atoms with Gasteiger partial charge >= 0.3 is 0 Å². The topological polar surface area (TPSA) is 78.1 Å².